The van der Waals surface area contributed by atoms with Crippen LogP contribution in [0.3, 0.4) is 0 Å². The second-order valence-electron chi connectivity index (χ2n) is 5.37. The van der Waals surface area contributed by atoms with Crippen molar-refractivity contribution >= 4 is 23.6 Å². The summed E-state index contributed by atoms with van der Waals surface area (Å²) in [5, 5.41) is -0.327. The first-order valence-electron chi connectivity index (χ1n) is 7.30. The van der Waals surface area contributed by atoms with Gasteiger partial charge >= 0.3 is 6.18 Å². The number of alkyl halides is 3. The van der Waals surface area contributed by atoms with Crippen molar-refractivity contribution < 1.29 is 13.2 Å². The largest absolute Gasteiger partial charge is 0.417 e. The van der Waals surface area contributed by atoms with E-state index in [2.05, 4.69) is 9.98 Å². The standard InChI is InChI=1S/C17H17ClF3N3/c1-4-24(3)10-23-16-9-22-15(7-11(16)2)12-5-6-14(18)13(8-12)17(19,20)21/h5-10H,4H2,1-3H3. The number of benzene rings is 1. The van der Waals surface area contributed by atoms with E-state index in [1.165, 1.54) is 12.1 Å². The average molecular weight is 356 g/mol. The van der Waals surface area contributed by atoms with Gasteiger partial charge in [0.05, 0.1) is 34.5 Å². The van der Waals surface area contributed by atoms with Gasteiger partial charge in [-0.2, -0.15) is 13.2 Å². The molecule has 1 heterocycles. The number of pyridine rings is 1. The number of aryl methyl sites for hydroxylation is 1. The molecule has 1 aromatic heterocycles. The lowest BCUT2D eigenvalue weighted by atomic mass is 10.1. The number of hydrogen-bond donors (Lipinski definition) is 0. The zero-order chi connectivity index (χ0) is 17.9. The molecule has 3 nitrogen and oxygen atoms in total. The highest BCUT2D eigenvalue weighted by atomic mass is 35.5. The molecule has 2 rings (SSSR count). The molecule has 0 aliphatic carbocycles. The molecule has 0 radical (unpaired) electrons. The van der Waals surface area contributed by atoms with Crippen molar-refractivity contribution in [2.75, 3.05) is 13.6 Å². The molecule has 0 unspecified atom stereocenters. The highest BCUT2D eigenvalue weighted by molar-refractivity contribution is 6.31. The normalized spacial score (nSPS) is 12.0. The molecular formula is C17H17ClF3N3. The van der Waals surface area contributed by atoms with Gasteiger partial charge in [-0.1, -0.05) is 17.7 Å². The molecule has 0 aliphatic heterocycles. The summed E-state index contributed by atoms with van der Waals surface area (Å²) in [4.78, 5) is 10.4. The van der Waals surface area contributed by atoms with Crippen LogP contribution in [-0.2, 0) is 6.18 Å². The molecule has 0 N–H and O–H groups in total. The second kappa shape index (κ2) is 7.21. The summed E-state index contributed by atoms with van der Waals surface area (Å²) in [6.07, 6.45) is -1.27. The third kappa shape index (κ3) is 4.26. The van der Waals surface area contributed by atoms with Gasteiger partial charge in [0.25, 0.3) is 0 Å². The molecule has 128 valence electrons. The summed E-state index contributed by atoms with van der Waals surface area (Å²) in [5.41, 5.74) is 1.43. The highest BCUT2D eigenvalue weighted by Gasteiger charge is 2.33. The van der Waals surface area contributed by atoms with Crippen molar-refractivity contribution in [3.63, 3.8) is 0 Å². The Morgan fingerprint density at radius 1 is 1.29 bits per heavy atom. The van der Waals surface area contributed by atoms with Crippen molar-refractivity contribution in [2.24, 2.45) is 4.99 Å². The molecule has 2 aromatic rings. The van der Waals surface area contributed by atoms with Crippen LogP contribution in [0.15, 0.2) is 35.5 Å². The van der Waals surface area contributed by atoms with E-state index in [0.717, 1.165) is 18.2 Å². The Morgan fingerprint density at radius 2 is 2.00 bits per heavy atom. The Bertz CT molecular complexity index is 757. The van der Waals surface area contributed by atoms with Crippen LogP contribution in [0.25, 0.3) is 11.3 Å². The van der Waals surface area contributed by atoms with E-state index in [1.807, 2.05) is 25.8 Å². The summed E-state index contributed by atoms with van der Waals surface area (Å²) in [5.74, 6) is 0. The molecule has 0 saturated heterocycles. The summed E-state index contributed by atoms with van der Waals surface area (Å²) < 4.78 is 38.9. The van der Waals surface area contributed by atoms with Crippen LogP contribution < -0.4 is 0 Å². The Hall–Kier alpha value is -2.08. The molecule has 7 heteroatoms. The first-order valence-corrected chi connectivity index (χ1v) is 7.68. The minimum atomic E-state index is -4.50. The maximum atomic E-state index is 13.0. The van der Waals surface area contributed by atoms with Gasteiger partial charge in [0.15, 0.2) is 0 Å². The molecule has 24 heavy (non-hydrogen) atoms. The van der Waals surface area contributed by atoms with Crippen LogP contribution in [0.1, 0.15) is 18.1 Å². The number of hydrogen-bond acceptors (Lipinski definition) is 2. The summed E-state index contributed by atoms with van der Waals surface area (Å²) in [6.45, 7) is 4.66. The van der Waals surface area contributed by atoms with Crippen molar-refractivity contribution in [3.05, 3.63) is 46.6 Å². The van der Waals surface area contributed by atoms with Crippen LogP contribution in [0.5, 0.6) is 0 Å². The summed E-state index contributed by atoms with van der Waals surface area (Å²) in [6, 6.07) is 5.48. The lowest BCUT2D eigenvalue weighted by Gasteiger charge is -2.12. The van der Waals surface area contributed by atoms with E-state index < -0.39 is 11.7 Å². The fourth-order valence-corrected chi connectivity index (χ4v) is 2.21. The number of nitrogens with zero attached hydrogens (tertiary/aromatic N) is 3. The second-order valence-corrected chi connectivity index (χ2v) is 5.77. The topological polar surface area (TPSA) is 28.5 Å². The van der Waals surface area contributed by atoms with E-state index in [1.54, 1.807) is 18.6 Å². The lowest BCUT2D eigenvalue weighted by molar-refractivity contribution is -0.137. The number of aromatic nitrogens is 1. The molecule has 0 spiro atoms. The highest BCUT2D eigenvalue weighted by Crippen LogP contribution is 2.37. The van der Waals surface area contributed by atoms with Crippen molar-refractivity contribution in [3.8, 4) is 11.3 Å². The van der Waals surface area contributed by atoms with E-state index >= 15 is 0 Å². The minimum Gasteiger partial charge on any atom is -0.366 e. The van der Waals surface area contributed by atoms with Gasteiger partial charge < -0.3 is 4.90 Å². The third-order valence-corrected chi connectivity index (χ3v) is 3.87. The Morgan fingerprint density at radius 3 is 2.58 bits per heavy atom. The molecule has 0 bridgehead atoms. The predicted octanol–water partition coefficient (Wildman–Crippen LogP) is 5.34. The van der Waals surface area contributed by atoms with Crippen molar-refractivity contribution in [1.82, 2.24) is 9.88 Å². The monoisotopic (exact) mass is 355 g/mol. The zero-order valence-electron chi connectivity index (χ0n) is 13.5. The van der Waals surface area contributed by atoms with Crippen molar-refractivity contribution in [1.29, 1.82) is 0 Å². The maximum Gasteiger partial charge on any atom is 0.417 e. The van der Waals surface area contributed by atoms with E-state index in [0.29, 0.717) is 16.9 Å². The fourth-order valence-electron chi connectivity index (χ4n) is 1.99. The SMILES string of the molecule is CCN(C)C=Nc1cnc(-c2ccc(Cl)c(C(F)(F)F)c2)cc1C. The van der Waals surface area contributed by atoms with Crippen molar-refractivity contribution in [2.45, 2.75) is 20.0 Å². The fraction of sp³-hybridized carbons (Fsp3) is 0.294. The smallest absolute Gasteiger partial charge is 0.366 e. The quantitative estimate of drug-likeness (QED) is 0.547. The van der Waals surface area contributed by atoms with Crippen LogP contribution in [0, 0.1) is 6.92 Å². The molecule has 0 atom stereocenters. The molecule has 1 aromatic carbocycles. The maximum absolute atomic E-state index is 13.0. The molecule has 0 amide bonds. The summed E-state index contributed by atoms with van der Waals surface area (Å²) in [7, 11) is 1.90. The molecule has 0 fully saturated rings. The Kier molecular flexibility index (Phi) is 5.49. The van der Waals surface area contributed by atoms with Gasteiger partial charge in [0.1, 0.15) is 0 Å². The number of halogens is 4. The minimum absolute atomic E-state index is 0.327. The van der Waals surface area contributed by atoms with E-state index in [9.17, 15) is 13.2 Å². The van der Waals surface area contributed by atoms with Gasteiger partial charge in [0, 0.05) is 19.2 Å². The Labute approximate surface area is 143 Å². The van der Waals surface area contributed by atoms with Gasteiger partial charge in [-0.3, -0.25) is 4.98 Å². The number of aliphatic imine (C=N–C) groups is 1. The van der Waals surface area contributed by atoms with Crippen LogP contribution in [0.2, 0.25) is 5.02 Å². The van der Waals surface area contributed by atoms with Gasteiger partial charge in [-0.15, -0.1) is 0 Å². The lowest BCUT2D eigenvalue weighted by Crippen LogP contribution is -2.14. The molecule has 0 aliphatic rings. The predicted molar refractivity (Wildman–Crippen MR) is 90.9 cm³/mol. The van der Waals surface area contributed by atoms with Crippen LogP contribution in [0.4, 0.5) is 18.9 Å². The summed E-state index contributed by atoms with van der Waals surface area (Å²) >= 11 is 5.65. The third-order valence-electron chi connectivity index (χ3n) is 3.54. The molecule has 0 saturated carbocycles. The van der Waals surface area contributed by atoms with E-state index in [-0.39, 0.29) is 5.02 Å². The van der Waals surface area contributed by atoms with Crippen LogP contribution >= 0.6 is 11.6 Å². The van der Waals surface area contributed by atoms with Crippen LogP contribution in [-0.4, -0.2) is 29.8 Å². The first kappa shape index (κ1) is 18.3. The van der Waals surface area contributed by atoms with E-state index in [4.69, 9.17) is 11.6 Å². The molecular weight excluding hydrogens is 339 g/mol. The van der Waals surface area contributed by atoms with Gasteiger partial charge in [-0.05, 0) is 37.6 Å². The van der Waals surface area contributed by atoms with Gasteiger partial charge in [0.2, 0.25) is 0 Å². The number of rotatable bonds is 4. The first-order chi connectivity index (χ1) is 11.2. The average Bonchev–Trinajstić information content (AvgIpc) is 2.52. The van der Waals surface area contributed by atoms with Gasteiger partial charge in [-0.25, -0.2) is 4.99 Å². The zero-order valence-corrected chi connectivity index (χ0v) is 14.3. The Balaban J connectivity index is 2.37.